The van der Waals surface area contributed by atoms with Gasteiger partial charge in [-0.3, -0.25) is 4.57 Å². The van der Waals surface area contributed by atoms with E-state index in [4.69, 9.17) is 0 Å². The Morgan fingerprint density at radius 3 is 2.25 bits per heavy atom. The minimum Gasteiger partial charge on any atom is -0.272 e. The zero-order chi connectivity index (χ0) is 11.8. The van der Waals surface area contributed by atoms with Crippen molar-refractivity contribution in [2.24, 2.45) is 0 Å². The summed E-state index contributed by atoms with van der Waals surface area (Å²) < 4.78 is 1.80. The summed E-state index contributed by atoms with van der Waals surface area (Å²) in [5.41, 5.74) is 2.64. The fourth-order valence-electron chi connectivity index (χ4n) is 1.79. The van der Waals surface area contributed by atoms with Gasteiger partial charge in [0.15, 0.2) is 0 Å². The molecule has 2 aromatic heterocycles. The number of hydrogen-bond acceptors (Lipinski definition) is 3. The minimum atomic E-state index is 0.128. The predicted molar refractivity (Wildman–Crippen MR) is 62.6 cm³/mol. The summed E-state index contributed by atoms with van der Waals surface area (Å²) in [6.07, 6.45) is 5.24. The Hall–Kier alpha value is -1.71. The minimum absolute atomic E-state index is 0.128. The molecule has 0 aromatic carbocycles. The number of hydrogen-bond donors (Lipinski definition) is 0. The van der Waals surface area contributed by atoms with Crippen LogP contribution in [0.25, 0.3) is 5.82 Å². The third-order valence-electron chi connectivity index (χ3n) is 2.59. The van der Waals surface area contributed by atoms with Crippen LogP contribution < -0.4 is 0 Å². The van der Waals surface area contributed by atoms with Gasteiger partial charge < -0.3 is 0 Å². The lowest BCUT2D eigenvalue weighted by Crippen LogP contribution is -2.14. The van der Waals surface area contributed by atoms with Crippen LogP contribution in [0.1, 0.15) is 31.9 Å². The molecule has 0 amide bonds. The van der Waals surface area contributed by atoms with E-state index in [2.05, 4.69) is 48.9 Å². The Bertz CT molecular complexity index is 480. The molecule has 4 nitrogen and oxygen atoms in total. The summed E-state index contributed by atoms with van der Waals surface area (Å²) in [5.74, 6) is 0.857. The predicted octanol–water partition coefficient (Wildman–Crippen LogP) is 2.27. The first-order valence-corrected chi connectivity index (χ1v) is 5.30. The summed E-state index contributed by atoms with van der Waals surface area (Å²) in [7, 11) is 0. The summed E-state index contributed by atoms with van der Waals surface area (Å²) in [6.45, 7) is 8.68. The lowest BCUT2D eigenvalue weighted by molar-refractivity contribution is 0.582. The van der Waals surface area contributed by atoms with Gasteiger partial charge in [0.05, 0.1) is 0 Å². The standard InChI is InChI=1S/C12H16N4/c1-9-5-11(16-7-14-15-8-16)13-6-10(9)12(2,3)4/h5-8H,1-4H3. The summed E-state index contributed by atoms with van der Waals surface area (Å²) >= 11 is 0. The van der Waals surface area contributed by atoms with Gasteiger partial charge >= 0.3 is 0 Å². The quantitative estimate of drug-likeness (QED) is 0.734. The molecule has 0 aliphatic rings. The van der Waals surface area contributed by atoms with E-state index in [0.717, 1.165) is 5.82 Å². The zero-order valence-corrected chi connectivity index (χ0v) is 10.1. The Morgan fingerprint density at radius 2 is 1.75 bits per heavy atom. The number of nitrogens with zero attached hydrogens (tertiary/aromatic N) is 4. The van der Waals surface area contributed by atoms with E-state index in [1.165, 1.54) is 11.1 Å². The third-order valence-corrected chi connectivity index (χ3v) is 2.59. The smallest absolute Gasteiger partial charge is 0.139 e. The molecule has 0 saturated carbocycles. The molecule has 2 aromatic rings. The number of aryl methyl sites for hydroxylation is 1. The number of rotatable bonds is 1. The topological polar surface area (TPSA) is 43.6 Å². The normalized spacial score (nSPS) is 11.8. The molecule has 2 rings (SSSR count). The average Bonchev–Trinajstić information content (AvgIpc) is 2.68. The second kappa shape index (κ2) is 3.70. The molecular weight excluding hydrogens is 200 g/mol. The van der Waals surface area contributed by atoms with Crippen LogP contribution in [0.3, 0.4) is 0 Å². The van der Waals surface area contributed by atoms with E-state index in [1.54, 1.807) is 17.2 Å². The van der Waals surface area contributed by atoms with Crippen molar-refractivity contribution in [3.63, 3.8) is 0 Å². The van der Waals surface area contributed by atoms with Gasteiger partial charge in [-0.25, -0.2) is 4.98 Å². The van der Waals surface area contributed by atoms with E-state index >= 15 is 0 Å². The first-order valence-electron chi connectivity index (χ1n) is 5.30. The maximum Gasteiger partial charge on any atom is 0.139 e. The fraction of sp³-hybridized carbons (Fsp3) is 0.417. The van der Waals surface area contributed by atoms with Crippen LogP contribution in [0, 0.1) is 6.92 Å². The molecule has 0 fully saturated rings. The van der Waals surface area contributed by atoms with Crippen molar-refractivity contribution in [3.8, 4) is 5.82 Å². The molecule has 0 aliphatic carbocycles. The Balaban J connectivity index is 2.45. The summed E-state index contributed by atoms with van der Waals surface area (Å²) in [5, 5.41) is 7.54. The van der Waals surface area contributed by atoms with Gasteiger partial charge in [0.1, 0.15) is 18.5 Å². The van der Waals surface area contributed by atoms with E-state index in [9.17, 15) is 0 Å². The van der Waals surface area contributed by atoms with Crippen molar-refractivity contribution in [2.45, 2.75) is 33.1 Å². The molecular formula is C12H16N4. The molecule has 0 aliphatic heterocycles. The molecule has 0 atom stereocenters. The van der Waals surface area contributed by atoms with Crippen LogP contribution in [-0.2, 0) is 5.41 Å². The lowest BCUT2D eigenvalue weighted by atomic mass is 9.85. The van der Waals surface area contributed by atoms with Crippen molar-refractivity contribution in [1.82, 2.24) is 19.7 Å². The van der Waals surface area contributed by atoms with Gasteiger partial charge in [-0.05, 0) is 29.5 Å². The van der Waals surface area contributed by atoms with E-state index < -0.39 is 0 Å². The maximum absolute atomic E-state index is 4.43. The van der Waals surface area contributed by atoms with Crippen LogP contribution in [0.2, 0.25) is 0 Å². The van der Waals surface area contributed by atoms with Crippen molar-refractivity contribution >= 4 is 0 Å². The van der Waals surface area contributed by atoms with Crippen molar-refractivity contribution in [3.05, 3.63) is 36.0 Å². The van der Waals surface area contributed by atoms with Crippen molar-refractivity contribution in [1.29, 1.82) is 0 Å². The third kappa shape index (κ3) is 1.96. The molecule has 2 heterocycles. The summed E-state index contributed by atoms with van der Waals surface area (Å²) in [6, 6.07) is 2.06. The molecule has 4 heteroatoms. The van der Waals surface area contributed by atoms with Gasteiger partial charge in [0, 0.05) is 6.20 Å². The fourth-order valence-corrected chi connectivity index (χ4v) is 1.79. The molecule has 0 radical (unpaired) electrons. The number of pyridine rings is 1. The average molecular weight is 216 g/mol. The first kappa shape index (κ1) is 10.8. The Labute approximate surface area is 95.4 Å². The van der Waals surface area contributed by atoms with Gasteiger partial charge in [-0.15, -0.1) is 10.2 Å². The monoisotopic (exact) mass is 216 g/mol. The van der Waals surface area contributed by atoms with Crippen molar-refractivity contribution in [2.75, 3.05) is 0 Å². The van der Waals surface area contributed by atoms with Crippen LogP contribution in [-0.4, -0.2) is 19.7 Å². The highest BCUT2D eigenvalue weighted by Crippen LogP contribution is 2.25. The second-order valence-corrected chi connectivity index (χ2v) is 4.98. The van der Waals surface area contributed by atoms with E-state index in [0.29, 0.717) is 0 Å². The van der Waals surface area contributed by atoms with Gasteiger partial charge in [0.25, 0.3) is 0 Å². The molecule has 0 saturated heterocycles. The number of aromatic nitrogens is 4. The highest BCUT2D eigenvalue weighted by molar-refractivity contribution is 5.36. The summed E-state index contributed by atoms with van der Waals surface area (Å²) in [4.78, 5) is 4.43. The molecule has 0 bridgehead atoms. The van der Waals surface area contributed by atoms with Crippen LogP contribution in [0.4, 0.5) is 0 Å². The van der Waals surface area contributed by atoms with Gasteiger partial charge in [0.2, 0.25) is 0 Å². The largest absolute Gasteiger partial charge is 0.272 e. The SMILES string of the molecule is Cc1cc(-n2cnnc2)ncc1C(C)(C)C. The first-order chi connectivity index (χ1) is 7.48. The van der Waals surface area contributed by atoms with E-state index in [1.807, 2.05) is 6.20 Å². The molecule has 0 unspecified atom stereocenters. The second-order valence-electron chi connectivity index (χ2n) is 4.98. The maximum atomic E-state index is 4.43. The van der Waals surface area contributed by atoms with Crippen molar-refractivity contribution < 1.29 is 0 Å². The van der Waals surface area contributed by atoms with Gasteiger partial charge in [-0.2, -0.15) is 0 Å². The molecule has 16 heavy (non-hydrogen) atoms. The highest BCUT2D eigenvalue weighted by Gasteiger charge is 2.17. The van der Waals surface area contributed by atoms with Gasteiger partial charge in [-0.1, -0.05) is 20.8 Å². The Kier molecular flexibility index (Phi) is 2.50. The Morgan fingerprint density at radius 1 is 1.12 bits per heavy atom. The highest BCUT2D eigenvalue weighted by atomic mass is 15.2. The van der Waals surface area contributed by atoms with Crippen LogP contribution >= 0.6 is 0 Å². The van der Waals surface area contributed by atoms with E-state index in [-0.39, 0.29) is 5.41 Å². The molecule has 0 N–H and O–H groups in total. The zero-order valence-electron chi connectivity index (χ0n) is 10.1. The molecule has 84 valence electrons. The van der Waals surface area contributed by atoms with Crippen LogP contribution in [0.15, 0.2) is 24.9 Å². The molecule has 0 spiro atoms. The lowest BCUT2D eigenvalue weighted by Gasteiger charge is -2.21. The van der Waals surface area contributed by atoms with Crippen LogP contribution in [0.5, 0.6) is 0 Å².